The van der Waals surface area contributed by atoms with E-state index in [0.29, 0.717) is 5.82 Å². The molecule has 1 aromatic heterocycles. The maximum Gasteiger partial charge on any atom is 0.343 e. The number of rotatable bonds is 1. The number of hydrogen-bond acceptors (Lipinski definition) is 3. The van der Waals surface area contributed by atoms with Crippen LogP contribution in [0.2, 0.25) is 0 Å². The van der Waals surface area contributed by atoms with Gasteiger partial charge in [0, 0.05) is 12.6 Å². The van der Waals surface area contributed by atoms with Gasteiger partial charge >= 0.3 is 6.03 Å². The highest BCUT2D eigenvalue weighted by molar-refractivity contribution is 5.75. The van der Waals surface area contributed by atoms with Crippen molar-refractivity contribution in [3.05, 3.63) is 36.7 Å². The highest BCUT2D eigenvalue weighted by Gasteiger charge is 2.07. The number of nitrogens with one attached hydrogen (secondary N) is 1. The molecule has 0 aliphatic carbocycles. The number of hydrogen-bond donors (Lipinski definition) is 1. The molecular weight excluding hydrogens is 192 g/mol. The van der Waals surface area contributed by atoms with Crippen molar-refractivity contribution in [3.63, 3.8) is 0 Å². The highest BCUT2D eigenvalue weighted by atomic mass is 16.2. The molecule has 15 heavy (non-hydrogen) atoms. The maximum absolute atomic E-state index is 11.2. The lowest BCUT2D eigenvalue weighted by atomic mass is 10.2. The lowest BCUT2D eigenvalue weighted by Crippen LogP contribution is -2.24. The van der Waals surface area contributed by atoms with Gasteiger partial charge in [0.1, 0.15) is 6.33 Å². The van der Waals surface area contributed by atoms with Crippen LogP contribution in [0.5, 0.6) is 0 Å². The molecule has 1 aromatic carbocycles. The third-order valence-electron chi connectivity index (χ3n) is 1.95. The summed E-state index contributed by atoms with van der Waals surface area (Å²) in [5.41, 5.74) is 0.889. The van der Waals surface area contributed by atoms with E-state index in [1.54, 1.807) is 7.05 Å². The van der Waals surface area contributed by atoms with Crippen LogP contribution in [-0.4, -0.2) is 27.8 Å². The number of amides is 1. The van der Waals surface area contributed by atoms with Crippen molar-refractivity contribution in [1.29, 1.82) is 0 Å². The summed E-state index contributed by atoms with van der Waals surface area (Å²) in [5, 5.41) is 6.51. The maximum atomic E-state index is 11.2. The van der Waals surface area contributed by atoms with Crippen LogP contribution in [0.25, 0.3) is 11.4 Å². The molecule has 0 saturated heterocycles. The van der Waals surface area contributed by atoms with Crippen molar-refractivity contribution in [1.82, 2.24) is 20.1 Å². The lowest BCUT2D eigenvalue weighted by molar-refractivity contribution is 0.241. The van der Waals surface area contributed by atoms with Crippen LogP contribution >= 0.6 is 0 Å². The van der Waals surface area contributed by atoms with E-state index in [0.717, 1.165) is 5.56 Å². The molecule has 1 heterocycles. The van der Waals surface area contributed by atoms with Gasteiger partial charge in [0.15, 0.2) is 5.82 Å². The molecule has 0 spiro atoms. The molecule has 0 atom stereocenters. The topological polar surface area (TPSA) is 59.8 Å². The molecule has 0 radical (unpaired) electrons. The predicted molar refractivity (Wildman–Crippen MR) is 55.3 cm³/mol. The SMILES string of the molecule is CNC(=O)n1cnc(-c2ccccc2)n1. The molecule has 5 heteroatoms. The first-order valence-corrected chi connectivity index (χ1v) is 4.50. The summed E-state index contributed by atoms with van der Waals surface area (Å²) in [6.45, 7) is 0. The smallest absolute Gasteiger partial charge is 0.339 e. The molecule has 2 aromatic rings. The summed E-state index contributed by atoms with van der Waals surface area (Å²) < 4.78 is 1.17. The van der Waals surface area contributed by atoms with E-state index in [1.807, 2.05) is 30.3 Å². The molecule has 76 valence electrons. The molecular formula is C10H10N4O. The first kappa shape index (κ1) is 9.39. The minimum absolute atomic E-state index is 0.301. The van der Waals surface area contributed by atoms with Gasteiger partial charge in [-0.15, -0.1) is 5.10 Å². The number of nitrogens with zero attached hydrogens (tertiary/aromatic N) is 3. The van der Waals surface area contributed by atoms with Gasteiger partial charge in [-0.3, -0.25) is 0 Å². The van der Waals surface area contributed by atoms with Gasteiger partial charge in [0.05, 0.1) is 0 Å². The van der Waals surface area contributed by atoms with Crippen LogP contribution in [0.1, 0.15) is 0 Å². The average molecular weight is 202 g/mol. The van der Waals surface area contributed by atoms with E-state index in [4.69, 9.17) is 0 Å². The zero-order valence-electron chi connectivity index (χ0n) is 8.21. The average Bonchev–Trinajstić information content (AvgIpc) is 2.78. The van der Waals surface area contributed by atoms with Gasteiger partial charge in [-0.25, -0.2) is 9.78 Å². The van der Waals surface area contributed by atoms with Crippen LogP contribution < -0.4 is 5.32 Å². The Labute approximate surface area is 86.8 Å². The molecule has 0 aliphatic heterocycles. The van der Waals surface area contributed by atoms with Crippen molar-refractivity contribution < 1.29 is 4.79 Å². The second kappa shape index (κ2) is 3.91. The first-order valence-electron chi connectivity index (χ1n) is 4.50. The summed E-state index contributed by atoms with van der Waals surface area (Å²) in [5.74, 6) is 0.541. The Hall–Kier alpha value is -2.17. The Morgan fingerprint density at radius 1 is 1.33 bits per heavy atom. The molecule has 0 fully saturated rings. The van der Waals surface area contributed by atoms with E-state index in [2.05, 4.69) is 15.4 Å². The van der Waals surface area contributed by atoms with Gasteiger partial charge < -0.3 is 5.32 Å². The summed E-state index contributed by atoms with van der Waals surface area (Å²) in [7, 11) is 1.55. The Kier molecular flexibility index (Phi) is 2.45. The van der Waals surface area contributed by atoms with E-state index in [-0.39, 0.29) is 6.03 Å². The molecule has 0 aliphatic rings. The number of carbonyl (C=O) groups excluding carboxylic acids is 1. The summed E-state index contributed by atoms with van der Waals surface area (Å²) in [6.07, 6.45) is 1.39. The quantitative estimate of drug-likeness (QED) is 0.754. The minimum Gasteiger partial charge on any atom is -0.339 e. The minimum atomic E-state index is -0.301. The van der Waals surface area contributed by atoms with Gasteiger partial charge in [0.2, 0.25) is 0 Å². The van der Waals surface area contributed by atoms with E-state index < -0.39 is 0 Å². The van der Waals surface area contributed by atoms with Crippen LogP contribution in [0.4, 0.5) is 4.79 Å². The lowest BCUT2D eigenvalue weighted by Gasteiger charge is -1.95. The fourth-order valence-electron chi connectivity index (χ4n) is 1.19. The van der Waals surface area contributed by atoms with Crippen molar-refractivity contribution in [2.24, 2.45) is 0 Å². The predicted octanol–water partition coefficient (Wildman–Crippen LogP) is 1.13. The number of benzene rings is 1. The molecule has 5 nitrogen and oxygen atoms in total. The monoisotopic (exact) mass is 202 g/mol. The number of carbonyl (C=O) groups is 1. The zero-order chi connectivity index (χ0) is 10.7. The normalized spacial score (nSPS) is 9.93. The second-order valence-corrected chi connectivity index (χ2v) is 2.93. The summed E-state index contributed by atoms with van der Waals surface area (Å²) in [6, 6.07) is 9.20. The molecule has 0 bridgehead atoms. The second-order valence-electron chi connectivity index (χ2n) is 2.93. The Balaban J connectivity index is 2.32. The fourth-order valence-corrected chi connectivity index (χ4v) is 1.19. The first-order chi connectivity index (χ1) is 7.31. The van der Waals surface area contributed by atoms with Gasteiger partial charge in [-0.1, -0.05) is 30.3 Å². The van der Waals surface area contributed by atoms with E-state index in [9.17, 15) is 4.79 Å². The zero-order valence-corrected chi connectivity index (χ0v) is 8.21. The van der Waals surface area contributed by atoms with Gasteiger partial charge in [-0.05, 0) is 0 Å². The third-order valence-corrected chi connectivity index (χ3v) is 1.95. The fraction of sp³-hybridized carbons (Fsp3) is 0.100. The molecule has 2 rings (SSSR count). The Morgan fingerprint density at radius 3 is 2.73 bits per heavy atom. The van der Waals surface area contributed by atoms with Crippen molar-refractivity contribution in [2.45, 2.75) is 0 Å². The largest absolute Gasteiger partial charge is 0.343 e. The van der Waals surface area contributed by atoms with Crippen LogP contribution in [0, 0.1) is 0 Å². The molecule has 0 saturated carbocycles. The van der Waals surface area contributed by atoms with Crippen LogP contribution in [0.15, 0.2) is 36.7 Å². The van der Waals surface area contributed by atoms with Crippen molar-refractivity contribution in [3.8, 4) is 11.4 Å². The number of aromatic nitrogens is 3. The molecule has 1 N–H and O–H groups in total. The molecule has 1 amide bonds. The molecule has 0 unspecified atom stereocenters. The van der Waals surface area contributed by atoms with Gasteiger partial charge in [-0.2, -0.15) is 4.68 Å². The third kappa shape index (κ3) is 1.85. The van der Waals surface area contributed by atoms with E-state index >= 15 is 0 Å². The summed E-state index contributed by atoms with van der Waals surface area (Å²) >= 11 is 0. The van der Waals surface area contributed by atoms with Gasteiger partial charge in [0.25, 0.3) is 0 Å². The van der Waals surface area contributed by atoms with E-state index in [1.165, 1.54) is 11.0 Å². The highest BCUT2D eigenvalue weighted by Crippen LogP contribution is 2.12. The van der Waals surface area contributed by atoms with Crippen molar-refractivity contribution in [2.75, 3.05) is 7.05 Å². The standard InChI is InChI=1S/C10H10N4O/c1-11-10(15)14-7-12-9(13-14)8-5-3-2-4-6-8/h2-7H,1H3,(H,11,15). The summed E-state index contributed by atoms with van der Waals surface area (Å²) in [4.78, 5) is 15.3. The Morgan fingerprint density at radius 2 is 2.07 bits per heavy atom. The van der Waals surface area contributed by atoms with Crippen molar-refractivity contribution >= 4 is 6.03 Å². The Bertz CT molecular complexity index is 463. The van der Waals surface area contributed by atoms with Crippen LogP contribution in [-0.2, 0) is 0 Å². The van der Waals surface area contributed by atoms with Crippen LogP contribution in [0.3, 0.4) is 0 Å².